The van der Waals surface area contributed by atoms with E-state index in [9.17, 15) is 9.90 Å². The maximum atomic E-state index is 11.1. The number of nitrogen functional groups attached to an aromatic ring is 1. The van der Waals surface area contributed by atoms with Gasteiger partial charge in [0.05, 0.1) is 12.1 Å². The van der Waals surface area contributed by atoms with Gasteiger partial charge < -0.3 is 21.4 Å². The molecule has 2 aromatic rings. The van der Waals surface area contributed by atoms with Crippen molar-refractivity contribution in [1.82, 2.24) is 0 Å². The largest absolute Gasteiger partial charge is 0.508 e. The fourth-order valence-corrected chi connectivity index (χ4v) is 1.68. The van der Waals surface area contributed by atoms with E-state index in [-0.39, 0.29) is 12.2 Å². The molecule has 108 valence electrons. The molecule has 6 heteroatoms. The lowest BCUT2D eigenvalue weighted by atomic mass is 10.1. The van der Waals surface area contributed by atoms with E-state index in [1.165, 1.54) is 12.1 Å². The van der Waals surface area contributed by atoms with Gasteiger partial charge in [-0.2, -0.15) is 0 Å². The lowest BCUT2D eigenvalue weighted by molar-refractivity contribution is -0.116. The standard InChI is InChI=1S/C15H15N3O3/c16-11-6-4-10(5-7-11)14(9-15(17)20)18-21-13-3-1-2-12(19)8-13/h1-8,19H,9,16H2,(H2,17,20)/b18-14+. The second-order valence-electron chi connectivity index (χ2n) is 4.39. The van der Waals surface area contributed by atoms with Gasteiger partial charge in [0.25, 0.3) is 0 Å². The monoisotopic (exact) mass is 285 g/mol. The van der Waals surface area contributed by atoms with Crippen LogP contribution in [-0.2, 0) is 4.79 Å². The van der Waals surface area contributed by atoms with Crippen molar-refractivity contribution in [1.29, 1.82) is 0 Å². The number of amides is 1. The first-order valence-corrected chi connectivity index (χ1v) is 6.22. The van der Waals surface area contributed by atoms with Gasteiger partial charge in [-0.25, -0.2) is 0 Å². The molecular weight excluding hydrogens is 270 g/mol. The predicted octanol–water partition coefficient (Wildman–Crippen LogP) is 1.63. The van der Waals surface area contributed by atoms with Crippen molar-refractivity contribution >= 4 is 17.3 Å². The molecule has 0 aliphatic carbocycles. The Morgan fingerprint density at radius 3 is 2.52 bits per heavy atom. The van der Waals surface area contributed by atoms with E-state index in [1.807, 2.05) is 0 Å². The Morgan fingerprint density at radius 1 is 1.19 bits per heavy atom. The first-order chi connectivity index (χ1) is 10.0. The van der Waals surface area contributed by atoms with Gasteiger partial charge in [0.1, 0.15) is 5.75 Å². The minimum Gasteiger partial charge on any atom is -0.508 e. The van der Waals surface area contributed by atoms with Crippen molar-refractivity contribution in [2.75, 3.05) is 5.73 Å². The van der Waals surface area contributed by atoms with Crippen LogP contribution in [0.25, 0.3) is 0 Å². The number of rotatable bonds is 5. The van der Waals surface area contributed by atoms with Crippen molar-refractivity contribution in [3.63, 3.8) is 0 Å². The zero-order chi connectivity index (χ0) is 15.2. The fourth-order valence-electron chi connectivity index (χ4n) is 1.68. The lowest BCUT2D eigenvalue weighted by Gasteiger charge is -2.06. The number of nitrogens with two attached hydrogens (primary N) is 2. The van der Waals surface area contributed by atoms with E-state index >= 15 is 0 Å². The Morgan fingerprint density at radius 2 is 1.90 bits per heavy atom. The van der Waals surface area contributed by atoms with Crippen molar-refractivity contribution in [2.24, 2.45) is 10.9 Å². The molecule has 0 saturated heterocycles. The molecule has 0 heterocycles. The number of phenolic OH excluding ortho intramolecular Hbond substituents is 1. The molecule has 0 aliphatic heterocycles. The van der Waals surface area contributed by atoms with Gasteiger partial charge >= 0.3 is 0 Å². The number of carbonyl (C=O) groups excluding carboxylic acids is 1. The summed E-state index contributed by atoms with van der Waals surface area (Å²) in [6.45, 7) is 0. The van der Waals surface area contributed by atoms with Gasteiger partial charge in [-0.1, -0.05) is 23.4 Å². The summed E-state index contributed by atoms with van der Waals surface area (Å²) >= 11 is 0. The number of benzene rings is 2. The number of anilines is 1. The van der Waals surface area contributed by atoms with Gasteiger partial charge in [0.15, 0.2) is 5.75 Å². The SMILES string of the molecule is NC(=O)C/C(=N\Oc1cccc(O)c1)c1ccc(N)cc1. The van der Waals surface area contributed by atoms with E-state index in [0.717, 1.165) is 0 Å². The number of aromatic hydroxyl groups is 1. The van der Waals surface area contributed by atoms with Crippen LogP contribution in [0.4, 0.5) is 5.69 Å². The minimum atomic E-state index is -0.523. The summed E-state index contributed by atoms with van der Waals surface area (Å²) in [6.07, 6.45) is -0.0667. The van der Waals surface area contributed by atoms with Crippen molar-refractivity contribution in [2.45, 2.75) is 6.42 Å². The summed E-state index contributed by atoms with van der Waals surface area (Å²) in [5.74, 6) is -0.107. The summed E-state index contributed by atoms with van der Waals surface area (Å²) in [5.41, 5.74) is 12.5. The molecule has 0 aromatic heterocycles. The number of nitrogens with zero attached hydrogens (tertiary/aromatic N) is 1. The average Bonchev–Trinajstić information content (AvgIpc) is 2.44. The highest BCUT2D eigenvalue weighted by Gasteiger charge is 2.09. The smallest absolute Gasteiger partial charge is 0.223 e. The molecule has 0 atom stereocenters. The average molecular weight is 285 g/mol. The topological polar surface area (TPSA) is 111 Å². The molecule has 2 aromatic carbocycles. The van der Waals surface area contributed by atoms with Gasteiger partial charge in [0, 0.05) is 11.8 Å². The summed E-state index contributed by atoms with van der Waals surface area (Å²) in [7, 11) is 0. The molecule has 0 radical (unpaired) electrons. The number of carbonyl (C=O) groups is 1. The Bertz CT molecular complexity index is 666. The first-order valence-electron chi connectivity index (χ1n) is 6.22. The second-order valence-corrected chi connectivity index (χ2v) is 4.39. The van der Waals surface area contributed by atoms with Crippen LogP contribution in [0, 0.1) is 0 Å². The maximum absolute atomic E-state index is 11.1. The van der Waals surface area contributed by atoms with Crippen LogP contribution in [0.3, 0.4) is 0 Å². The summed E-state index contributed by atoms with van der Waals surface area (Å²) < 4.78 is 0. The molecule has 2 rings (SSSR count). The second kappa shape index (κ2) is 6.42. The Labute approximate surface area is 121 Å². The van der Waals surface area contributed by atoms with Gasteiger partial charge in [-0.05, 0) is 29.8 Å². The van der Waals surface area contributed by atoms with E-state index in [0.29, 0.717) is 22.7 Å². The summed E-state index contributed by atoms with van der Waals surface area (Å²) in [5, 5.41) is 13.3. The molecule has 21 heavy (non-hydrogen) atoms. The molecule has 0 saturated carbocycles. The highest BCUT2D eigenvalue weighted by Crippen LogP contribution is 2.18. The molecule has 5 N–H and O–H groups in total. The van der Waals surface area contributed by atoms with Crippen LogP contribution in [0.1, 0.15) is 12.0 Å². The molecule has 0 bridgehead atoms. The van der Waals surface area contributed by atoms with Gasteiger partial charge in [-0.15, -0.1) is 0 Å². The minimum absolute atomic E-state index is 0.0617. The number of phenols is 1. The zero-order valence-corrected chi connectivity index (χ0v) is 11.2. The number of primary amides is 1. The van der Waals surface area contributed by atoms with Crippen LogP contribution >= 0.6 is 0 Å². The van der Waals surface area contributed by atoms with Gasteiger partial charge in [-0.3, -0.25) is 4.79 Å². The van der Waals surface area contributed by atoms with Crippen molar-refractivity contribution in [3.05, 3.63) is 54.1 Å². The van der Waals surface area contributed by atoms with Gasteiger partial charge in [0.2, 0.25) is 5.91 Å². The van der Waals surface area contributed by atoms with Crippen LogP contribution in [-0.4, -0.2) is 16.7 Å². The predicted molar refractivity (Wildman–Crippen MR) is 79.9 cm³/mol. The molecule has 6 nitrogen and oxygen atoms in total. The van der Waals surface area contributed by atoms with Crippen molar-refractivity contribution in [3.8, 4) is 11.5 Å². The van der Waals surface area contributed by atoms with Crippen molar-refractivity contribution < 1.29 is 14.7 Å². The van der Waals surface area contributed by atoms with E-state index in [4.69, 9.17) is 16.3 Å². The Hall–Kier alpha value is -3.02. The Balaban J connectivity index is 2.24. The van der Waals surface area contributed by atoms with Crippen LogP contribution in [0.2, 0.25) is 0 Å². The van der Waals surface area contributed by atoms with Crippen LogP contribution in [0.15, 0.2) is 53.7 Å². The Kier molecular flexibility index (Phi) is 4.40. The quantitative estimate of drug-likeness (QED) is 0.440. The lowest BCUT2D eigenvalue weighted by Crippen LogP contribution is -2.17. The van der Waals surface area contributed by atoms with Crippen LogP contribution < -0.4 is 16.3 Å². The number of hydrogen-bond acceptors (Lipinski definition) is 5. The third-order valence-electron chi connectivity index (χ3n) is 2.66. The molecule has 0 unspecified atom stereocenters. The third kappa shape index (κ3) is 4.24. The summed E-state index contributed by atoms with van der Waals surface area (Å²) in [4.78, 5) is 16.4. The molecule has 0 aliphatic rings. The van der Waals surface area contributed by atoms with E-state index in [1.54, 1.807) is 36.4 Å². The molecule has 1 amide bonds. The third-order valence-corrected chi connectivity index (χ3v) is 2.66. The number of hydrogen-bond donors (Lipinski definition) is 3. The molecule has 0 spiro atoms. The maximum Gasteiger partial charge on any atom is 0.223 e. The fraction of sp³-hybridized carbons (Fsp3) is 0.0667. The highest BCUT2D eigenvalue weighted by atomic mass is 16.6. The highest BCUT2D eigenvalue weighted by molar-refractivity contribution is 6.10. The number of oxime groups is 1. The van der Waals surface area contributed by atoms with E-state index in [2.05, 4.69) is 5.16 Å². The van der Waals surface area contributed by atoms with Crippen LogP contribution in [0.5, 0.6) is 11.5 Å². The first kappa shape index (κ1) is 14.4. The van der Waals surface area contributed by atoms with E-state index < -0.39 is 5.91 Å². The normalized spacial score (nSPS) is 11.1. The molecule has 0 fully saturated rings. The zero-order valence-electron chi connectivity index (χ0n) is 11.2. The summed E-state index contributed by atoms with van der Waals surface area (Å²) in [6, 6.07) is 13.0. The molecular formula is C15H15N3O3.